The average Bonchev–Trinajstić information content (AvgIpc) is 2.48. The number of rotatable bonds is 9. The van der Waals surface area contributed by atoms with E-state index in [9.17, 15) is 24.0 Å². The van der Waals surface area contributed by atoms with Gasteiger partial charge >= 0.3 is 11.3 Å². The number of ketones is 2. The standard InChI is InChI=1S/C18H28O7S2/c1-11(19)13(9-26-12(2)20)8-14(21)18(6,7)27-16(23)25-10-24-15(22)17(3,4)5/h13H,8-10H2,1-7H3/t13-/m0/s1. The van der Waals surface area contributed by atoms with E-state index in [-0.39, 0.29) is 28.9 Å². The zero-order valence-electron chi connectivity index (χ0n) is 16.9. The van der Waals surface area contributed by atoms with Crippen LogP contribution in [0.3, 0.4) is 0 Å². The van der Waals surface area contributed by atoms with Gasteiger partial charge in [0, 0.05) is 25.0 Å². The SMILES string of the molecule is CC(=O)SC[C@H](CC(=O)C(C)(C)SC(=O)OCOC(=O)C(C)(C)C)C(C)=O. The molecule has 0 spiro atoms. The summed E-state index contributed by atoms with van der Waals surface area (Å²) in [5.74, 6) is -1.36. The Bertz CT molecular complexity index is 591. The minimum atomic E-state index is -1.13. The Morgan fingerprint density at radius 3 is 1.93 bits per heavy atom. The molecule has 0 rings (SSSR count). The lowest BCUT2D eigenvalue weighted by Gasteiger charge is -2.23. The van der Waals surface area contributed by atoms with Crippen molar-refractivity contribution in [2.24, 2.45) is 11.3 Å². The molecule has 0 unspecified atom stereocenters. The molecule has 0 bridgehead atoms. The first-order chi connectivity index (χ1) is 12.2. The summed E-state index contributed by atoms with van der Waals surface area (Å²) in [5.41, 5.74) is -0.714. The summed E-state index contributed by atoms with van der Waals surface area (Å²) in [6, 6.07) is 0. The fourth-order valence-corrected chi connectivity index (χ4v) is 3.16. The normalized spacial score (nSPS) is 12.9. The maximum atomic E-state index is 12.5. The van der Waals surface area contributed by atoms with Gasteiger partial charge in [-0.1, -0.05) is 11.8 Å². The summed E-state index contributed by atoms with van der Waals surface area (Å²) in [4.78, 5) is 58.8. The van der Waals surface area contributed by atoms with Crippen molar-refractivity contribution in [2.45, 2.75) is 59.6 Å². The zero-order chi connectivity index (χ0) is 21.4. The molecule has 0 aliphatic rings. The molecule has 0 fully saturated rings. The summed E-state index contributed by atoms with van der Waals surface area (Å²) in [7, 11) is 0. The molecule has 0 heterocycles. The van der Waals surface area contributed by atoms with Crippen LogP contribution < -0.4 is 0 Å². The van der Waals surface area contributed by atoms with Crippen LogP contribution in [0.4, 0.5) is 4.79 Å². The third-order valence-corrected chi connectivity index (χ3v) is 5.48. The van der Waals surface area contributed by atoms with E-state index in [0.29, 0.717) is 11.8 Å². The molecule has 0 radical (unpaired) electrons. The molecule has 0 aliphatic heterocycles. The molecule has 0 aromatic carbocycles. The molecular formula is C18H28O7S2. The van der Waals surface area contributed by atoms with Crippen LogP contribution in [0.1, 0.15) is 54.9 Å². The maximum absolute atomic E-state index is 12.5. The predicted molar refractivity (Wildman–Crippen MR) is 105 cm³/mol. The van der Waals surface area contributed by atoms with Crippen molar-refractivity contribution in [3.05, 3.63) is 0 Å². The summed E-state index contributed by atoms with van der Waals surface area (Å²) in [6.07, 6.45) is -0.0676. The first-order valence-electron chi connectivity index (χ1n) is 8.37. The molecule has 9 heteroatoms. The summed E-state index contributed by atoms with van der Waals surface area (Å²) >= 11 is 1.65. The monoisotopic (exact) mass is 420 g/mol. The fourth-order valence-electron chi connectivity index (χ4n) is 1.65. The van der Waals surface area contributed by atoms with Crippen LogP contribution in [-0.2, 0) is 28.7 Å². The first kappa shape index (κ1) is 25.6. The molecule has 0 N–H and O–H groups in total. The molecule has 1 atom stereocenters. The Balaban J connectivity index is 4.63. The molecule has 0 amide bonds. The third-order valence-electron chi connectivity index (χ3n) is 3.48. The van der Waals surface area contributed by atoms with Gasteiger partial charge in [0.05, 0.1) is 10.2 Å². The minimum absolute atomic E-state index is 0.0676. The van der Waals surface area contributed by atoms with Gasteiger partial charge in [-0.3, -0.25) is 19.2 Å². The van der Waals surface area contributed by atoms with Gasteiger partial charge in [0.1, 0.15) is 11.6 Å². The predicted octanol–water partition coefficient (Wildman–Crippen LogP) is 3.63. The van der Waals surface area contributed by atoms with Crippen LogP contribution in [0.25, 0.3) is 0 Å². The Morgan fingerprint density at radius 1 is 0.926 bits per heavy atom. The highest BCUT2D eigenvalue weighted by Crippen LogP contribution is 2.30. The highest BCUT2D eigenvalue weighted by Gasteiger charge is 2.35. The topological polar surface area (TPSA) is 104 Å². The average molecular weight is 421 g/mol. The summed E-state index contributed by atoms with van der Waals surface area (Å²) in [6.45, 7) is 10.4. The van der Waals surface area contributed by atoms with E-state index in [2.05, 4.69) is 0 Å². The molecule has 0 saturated carbocycles. The van der Waals surface area contributed by atoms with E-state index in [0.717, 1.165) is 11.8 Å². The number of carbonyl (C=O) groups is 5. The van der Waals surface area contributed by atoms with Gasteiger partial charge in [-0.15, -0.1) is 0 Å². The Kier molecular flexibility index (Phi) is 10.3. The van der Waals surface area contributed by atoms with E-state index in [1.807, 2.05) is 0 Å². The number of esters is 1. The van der Waals surface area contributed by atoms with Gasteiger partial charge in [0.25, 0.3) is 0 Å². The van der Waals surface area contributed by atoms with E-state index in [1.54, 1.807) is 34.6 Å². The molecule has 0 aromatic rings. The number of carbonyl (C=O) groups excluding carboxylic acids is 5. The van der Waals surface area contributed by atoms with Crippen LogP contribution in [0, 0.1) is 11.3 Å². The van der Waals surface area contributed by atoms with Gasteiger partial charge in [-0.2, -0.15) is 0 Å². The van der Waals surface area contributed by atoms with Crippen molar-refractivity contribution >= 4 is 51.5 Å². The van der Waals surface area contributed by atoms with Gasteiger partial charge < -0.3 is 9.47 Å². The number of hydrogen-bond donors (Lipinski definition) is 0. The van der Waals surface area contributed by atoms with E-state index in [1.165, 1.54) is 13.8 Å². The lowest BCUT2D eigenvalue weighted by Crippen LogP contribution is -2.33. The van der Waals surface area contributed by atoms with Crippen molar-refractivity contribution in [3.63, 3.8) is 0 Å². The Hall–Kier alpha value is -1.35. The van der Waals surface area contributed by atoms with Crippen LogP contribution in [0.2, 0.25) is 0 Å². The van der Waals surface area contributed by atoms with Crippen molar-refractivity contribution in [1.29, 1.82) is 0 Å². The number of hydrogen-bond acceptors (Lipinski definition) is 9. The molecule has 154 valence electrons. The highest BCUT2D eigenvalue weighted by atomic mass is 32.2. The molecule has 0 aromatic heterocycles. The zero-order valence-corrected chi connectivity index (χ0v) is 18.5. The first-order valence-corrected chi connectivity index (χ1v) is 10.2. The van der Waals surface area contributed by atoms with Gasteiger partial charge in [0.15, 0.2) is 5.12 Å². The smallest absolute Gasteiger partial charge is 0.371 e. The van der Waals surface area contributed by atoms with Crippen molar-refractivity contribution in [3.8, 4) is 0 Å². The quantitative estimate of drug-likeness (QED) is 0.408. The number of ether oxygens (including phenoxy) is 2. The second kappa shape index (κ2) is 10.8. The number of thioether (sulfide) groups is 2. The van der Waals surface area contributed by atoms with Gasteiger partial charge in [-0.25, -0.2) is 4.79 Å². The van der Waals surface area contributed by atoms with Crippen LogP contribution in [0.15, 0.2) is 0 Å². The lowest BCUT2D eigenvalue weighted by atomic mass is 9.94. The van der Waals surface area contributed by atoms with Crippen molar-refractivity contribution < 1.29 is 33.4 Å². The number of Topliss-reactive ketones (excluding diaryl/α,β-unsaturated/α-hetero) is 2. The fraction of sp³-hybridized carbons (Fsp3) is 0.722. The third kappa shape index (κ3) is 10.5. The Labute approximate surface area is 168 Å². The van der Waals surface area contributed by atoms with Crippen molar-refractivity contribution in [2.75, 3.05) is 12.5 Å². The molecule has 7 nitrogen and oxygen atoms in total. The van der Waals surface area contributed by atoms with Gasteiger partial charge in [-0.05, 0) is 53.3 Å². The van der Waals surface area contributed by atoms with Crippen LogP contribution >= 0.6 is 23.5 Å². The van der Waals surface area contributed by atoms with Crippen LogP contribution in [-0.4, -0.2) is 45.2 Å². The minimum Gasteiger partial charge on any atom is -0.427 e. The summed E-state index contributed by atoms with van der Waals surface area (Å²) in [5, 5.41) is -0.886. The highest BCUT2D eigenvalue weighted by molar-refractivity contribution is 8.15. The van der Waals surface area contributed by atoms with E-state index >= 15 is 0 Å². The largest absolute Gasteiger partial charge is 0.427 e. The Morgan fingerprint density at radius 2 is 1.48 bits per heavy atom. The second-order valence-electron chi connectivity index (χ2n) is 7.54. The summed E-state index contributed by atoms with van der Waals surface area (Å²) < 4.78 is 8.56. The van der Waals surface area contributed by atoms with E-state index < -0.39 is 34.1 Å². The molecule has 27 heavy (non-hydrogen) atoms. The molecule has 0 saturated heterocycles. The maximum Gasteiger partial charge on any atom is 0.371 e. The van der Waals surface area contributed by atoms with E-state index in [4.69, 9.17) is 9.47 Å². The lowest BCUT2D eigenvalue weighted by molar-refractivity contribution is -0.160. The van der Waals surface area contributed by atoms with Crippen LogP contribution in [0.5, 0.6) is 0 Å². The van der Waals surface area contributed by atoms with Crippen molar-refractivity contribution in [1.82, 2.24) is 0 Å². The molecule has 0 aliphatic carbocycles. The molecular weight excluding hydrogens is 392 g/mol. The van der Waals surface area contributed by atoms with Gasteiger partial charge in [0.2, 0.25) is 6.79 Å². The second-order valence-corrected chi connectivity index (χ2v) is 10.3.